The van der Waals surface area contributed by atoms with Crippen molar-refractivity contribution in [1.82, 2.24) is 4.98 Å². The number of carboxylic acid groups (broad SMARTS) is 1. The molecule has 190 valence electrons. The number of pyridine rings is 1. The minimum absolute atomic E-state index is 0.118. The summed E-state index contributed by atoms with van der Waals surface area (Å²) >= 11 is 6.41. The zero-order valence-electron chi connectivity index (χ0n) is 20.3. The number of hydrogen-bond acceptors (Lipinski definition) is 5. The Hall–Kier alpha value is -4.55. The van der Waals surface area contributed by atoms with E-state index in [1.54, 1.807) is 48.5 Å². The van der Waals surface area contributed by atoms with Crippen LogP contribution >= 0.6 is 11.6 Å². The molecule has 1 atom stereocenters. The molecule has 0 fully saturated rings. The highest BCUT2D eigenvalue weighted by Gasteiger charge is 2.24. The first kappa shape index (κ1) is 25.1. The van der Waals surface area contributed by atoms with Crippen LogP contribution in [0.5, 0.6) is 17.2 Å². The summed E-state index contributed by atoms with van der Waals surface area (Å²) < 4.78 is 17.9. The molecule has 1 N–H and O–H groups in total. The van der Waals surface area contributed by atoms with Crippen LogP contribution in [-0.4, -0.2) is 16.1 Å². The number of aliphatic carboxylic acids is 1. The van der Waals surface area contributed by atoms with Gasteiger partial charge in [0, 0.05) is 22.6 Å². The molecular formula is C31H24ClNO5. The van der Waals surface area contributed by atoms with Gasteiger partial charge in [0.1, 0.15) is 30.5 Å². The minimum Gasteiger partial charge on any atom is -0.489 e. The maximum absolute atomic E-state index is 12.0. The molecule has 5 rings (SSSR count). The minimum atomic E-state index is -1.21. The first-order chi connectivity index (χ1) is 18.6. The predicted molar refractivity (Wildman–Crippen MR) is 146 cm³/mol. The van der Waals surface area contributed by atoms with Crippen molar-refractivity contribution in [3.8, 4) is 17.2 Å². The molecule has 0 aliphatic carbocycles. The number of benzene rings is 4. The van der Waals surface area contributed by atoms with Crippen LogP contribution in [0.4, 0.5) is 0 Å². The maximum Gasteiger partial charge on any atom is 0.349 e. The Bertz CT molecular complexity index is 1560. The standard InChI is InChI=1S/C31H24ClNO5/c32-27-14-6-11-23(29(27)38-30(31(34)35)22-9-2-1-3-10-22)19-36-25-12-7-13-26(18-25)37-20-24-17-16-21-8-4-5-15-28(21)33-24/h1-18,30H,19-20H2,(H,34,35). The Morgan fingerprint density at radius 3 is 2.29 bits per heavy atom. The van der Waals surface area contributed by atoms with E-state index in [0.29, 0.717) is 34.3 Å². The zero-order valence-corrected chi connectivity index (χ0v) is 21.0. The molecule has 0 saturated carbocycles. The van der Waals surface area contributed by atoms with E-state index < -0.39 is 12.1 Å². The molecule has 0 aliphatic heterocycles. The van der Waals surface area contributed by atoms with Crippen LogP contribution in [0.15, 0.2) is 109 Å². The molecule has 4 aromatic carbocycles. The van der Waals surface area contributed by atoms with Crippen LogP contribution in [0.3, 0.4) is 0 Å². The second-order valence-electron chi connectivity index (χ2n) is 8.52. The van der Waals surface area contributed by atoms with Gasteiger partial charge >= 0.3 is 5.97 Å². The Balaban J connectivity index is 1.27. The lowest BCUT2D eigenvalue weighted by Gasteiger charge is -2.19. The van der Waals surface area contributed by atoms with Crippen molar-refractivity contribution < 1.29 is 24.1 Å². The molecule has 0 spiro atoms. The van der Waals surface area contributed by atoms with Crippen molar-refractivity contribution in [2.45, 2.75) is 19.3 Å². The largest absolute Gasteiger partial charge is 0.489 e. The number of halogens is 1. The highest BCUT2D eigenvalue weighted by Crippen LogP contribution is 2.34. The summed E-state index contributed by atoms with van der Waals surface area (Å²) in [5, 5.41) is 11.2. The van der Waals surface area contributed by atoms with Crippen LogP contribution in [0, 0.1) is 0 Å². The van der Waals surface area contributed by atoms with Crippen LogP contribution in [0.1, 0.15) is 22.9 Å². The molecule has 0 radical (unpaired) electrons. The van der Waals surface area contributed by atoms with Gasteiger partial charge in [0.2, 0.25) is 6.10 Å². The van der Waals surface area contributed by atoms with Crippen molar-refractivity contribution in [2.75, 3.05) is 0 Å². The van der Waals surface area contributed by atoms with Gasteiger partial charge in [-0.05, 0) is 30.3 Å². The molecule has 0 saturated heterocycles. The summed E-state index contributed by atoms with van der Waals surface area (Å²) in [5.74, 6) is 0.363. The maximum atomic E-state index is 12.0. The number of aromatic nitrogens is 1. The molecule has 6 nitrogen and oxygen atoms in total. The summed E-state index contributed by atoms with van der Waals surface area (Å²) in [6.45, 7) is 0.434. The lowest BCUT2D eigenvalue weighted by atomic mass is 10.1. The van der Waals surface area contributed by atoms with Crippen molar-refractivity contribution in [3.63, 3.8) is 0 Å². The Kier molecular flexibility index (Phi) is 7.71. The normalized spacial score (nSPS) is 11.6. The third-order valence-electron chi connectivity index (χ3n) is 5.85. The molecule has 1 heterocycles. The monoisotopic (exact) mass is 525 g/mol. The van der Waals surface area contributed by atoms with Crippen molar-refractivity contribution >= 4 is 28.5 Å². The van der Waals surface area contributed by atoms with E-state index in [1.807, 2.05) is 60.7 Å². The van der Waals surface area contributed by atoms with Crippen molar-refractivity contribution in [2.24, 2.45) is 0 Å². The fourth-order valence-electron chi connectivity index (χ4n) is 3.97. The third kappa shape index (κ3) is 6.05. The van der Waals surface area contributed by atoms with E-state index in [9.17, 15) is 9.90 Å². The average molecular weight is 526 g/mol. The second kappa shape index (κ2) is 11.7. The van der Waals surface area contributed by atoms with Crippen LogP contribution in [0.2, 0.25) is 5.02 Å². The van der Waals surface area contributed by atoms with E-state index in [1.165, 1.54) is 0 Å². The third-order valence-corrected chi connectivity index (χ3v) is 6.15. The lowest BCUT2D eigenvalue weighted by Crippen LogP contribution is -2.19. The van der Waals surface area contributed by atoms with Crippen LogP contribution in [-0.2, 0) is 18.0 Å². The molecule has 0 aliphatic rings. The highest BCUT2D eigenvalue weighted by atomic mass is 35.5. The molecule has 7 heteroatoms. The van der Waals surface area contributed by atoms with Gasteiger partial charge in [-0.25, -0.2) is 9.78 Å². The smallest absolute Gasteiger partial charge is 0.349 e. The lowest BCUT2D eigenvalue weighted by molar-refractivity contribution is -0.145. The van der Waals surface area contributed by atoms with E-state index >= 15 is 0 Å². The second-order valence-corrected chi connectivity index (χ2v) is 8.93. The number of nitrogens with zero attached hydrogens (tertiary/aromatic N) is 1. The number of para-hydroxylation sites is 2. The number of carbonyl (C=O) groups is 1. The fourth-order valence-corrected chi connectivity index (χ4v) is 4.21. The quantitative estimate of drug-likeness (QED) is 0.207. The molecule has 1 aromatic heterocycles. The van der Waals surface area contributed by atoms with Gasteiger partial charge in [-0.3, -0.25) is 0 Å². The first-order valence-corrected chi connectivity index (χ1v) is 12.4. The number of rotatable bonds is 10. The Labute approximate surface area is 225 Å². The number of ether oxygens (including phenoxy) is 3. The predicted octanol–water partition coefficient (Wildman–Crippen LogP) is 7.25. The van der Waals surface area contributed by atoms with Gasteiger partial charge in [-0.1, -0.05) is 84.4 Å². The first-order valence-electron chi connectivity index (χ1n) is 12.0. The van der Waals surface area contributed by atoms with Crippen LogP contribution < -0.4 is 14.2 Å². The topological polar surface area (TPSA) is 77.9 Å². The molecule has 0 amide bonds. The molecule has 1 unspecified atom stereocenters. The molecule has 38 heavy (non-hydrogen) atoms. The van der Waals surface area contributed by atoms with Gasteiger partial charge in [-0.15, -0.1) is 0 Å². The van der Waals surface area contributed by atoms with E-state index in [-0.39, 0.29) is 12.4 Å². The Morgan fingerprint density at radius 2 is 1.50 bits per heavy atom. The van der Waals surface area contributed by atoms with Crippen molar-refractivity contribution in [1.29, 1.82) is 0 Å². The summed E-state index contributed by atoms with van der Waals surface area (Å²) in [6, 6.07) is 33.1. The summed E-state index contributed by atoms with van der Waals surface area (Å²) in [7, 11) is 0. The van der Waals surface area contributed by atoms with Gasteiger partial charge in [0.15, 0.2) is 0 Å². The van der Waals surface area contributed by atoms with Gasteiger partial charge in [0.25, 0.3) is 0 Å². The molecule has 0 bridgehead atoms. The van der Waals surface area contributed by atoms with Gasteiger partial charge in [0.05, 0.1) is 16.2 Å². The number of carboxylic acids is 1. The fraction of sp³-hybridized carbons (Fsp3) is 0.0968. The Morgan fingerprint density at radius 1 is 0.789 bits per heavy atom. The average Bonchev–Trinajstić information content (AvgIpc) is 2.95. The SMILES string of the molecule is O=C(O)C(Oc1c(Cl)cccc1COc1cccc(OCc2ccc3ccccc3n2)c1)c1ccccc1. The zero-order chi connectivity index (χ0) is 26.3. The summed E-state index contributed by atoms with van der Waals surface area (Å²) in [6.07, 6.45) is -1.21. The summed E-state index contributed by atoms with van der Waals surface area (Å²) in [5.41, 5.74) is 2.87. The number of hydrogen-bond donors (Lipinski definition) is 1. The van der Waals surface area contributed by atoms with E-state index in [0.717, 1.165) is 16.6 Å². The van der Waals surface area contributed by atoms with Crippen molar-refractivity contribution in [3.05, 3.63) is 131 Å². The number of fused-ring (bicyclic) bond motifs is 1. The van der Waals surface area contributed by atoms with Crippen LogP contribution in [0.25, 0.3) is 10.9 Å². The summed E-state index contributed by atoms with van der Waals surface area (Å²) in [4.78, 5) is 16.6. The molecular weight excluding hydrogens is 502 g/mol. The highest BCUT2D eigenvalue weighted by molar-refractivity contribution is 6.32. The molecule has 5 aromatic rings. The van der Waals surface area contributed by atoms with E-state index in [4.69, 9.17) is 25.8 Å². The van der Waals surface area contributed by atoms with E-state index in [2.05, 4.69) is 4.98 Å². The van der Waals surface area contributed by atoms with Gasteiger partial charge < -0.3 is 19.3 Å². The van der Waals surface area contributed by atoms with Gasteiger partial charge in [-0.2, -0.15) is 0 Å².